The van der Waals surface area contributed by atoms with Crippen LogP contribution in [0.25, 0.3) is 0 Å². The average Bonchev–Trinajstić information content (AvgIpc) is 1.97. The molecule has 0 radical (unpaired) electrons. The van der Waals surface area contributed by atoms with Gasteiger partial charge in [0.05, 0.1) is 6.54 Å². The SMILES string of the molecule is CN1C[C@H](O)[C@H](O)N(C)C1=O. The Hall–Kier alpha value is -0.810. The summed E-state index contributed by atoms with van der Waals surface area (Å²) in [5, 5.41) is 18.3. The normalized spacial score (nSPS) is 32.9. The van der Waals surface area contributed by atoms with E-state index in [-0.39, 0.29) is 12.6 Å². The number of carbonyl (C=O) groups excluding carboxylic acids is 1. The Kier molecular flexibility index (Phi) is 2.01. The van der Waals surface area contributed by atoms with Crippen LogP contribution in [-0.4, -0.2) is 59.0 Å². The van der Waals surface area contributed by atoms with Gasteiger partial charge in [-0.05, 0) is 0 Å². The number of aliphatic hydroxyl groups excluding tert-OH is 2. The van der Waals surface area contributed by atoms with Gasteiger partial charge in [-0.3, -0.25) is 4.90 Å². The fourth-order valence-electron chi connectivity index (χ4n) is 1.09. The molecule has 0 saturated carbocycles. The fraction of sp³-hybridized carbons (Fsp3) is 0.833. The molecule has 1 aliphatic heterocycles. The van der Waals surface area contributed by atoms with Crippen molar-refractivity contribution in [3.05, 3.63) is 0 Å². The lowest BCUT2D eigenvalue weighted by Crippen LogP contribution is -2.58. The van der Waals surface area contributed by atoms with Gasteiger partial charge >= 0.3 is 6.03 Å². The highest BCUT2D eigenvalue weighted by atomic mass is 16.4. The number of urea groups is 1. The molecule has 5 heteroatoms. The van der Waals surface area contributed by atoms with Gasteiger partial charge in [-0.15, -0.1) is 0 Å². The van der Waals surface area contributed by atoms with Crippen LogP contribution in [0.15, 0.2) is 0 Å². The number of carbonyl (C=O) groups is 1. The molecule has 1 fully saturated rings. The van der Waals surface area contributed by atoms with E-state index in [0.29, 0.717) is 0 Å². The molecule has 1 saturated heterocycles. The molecule has 2 N–H and O–H groups in total. The predicted molar refractivity (Wildman–Crippen MR) is 37.8 cm³/mol. The van der Waals surface area contributed by atoms with Crippen molar-refractivity contribution < 1.29 is 15.0 Å². The Bertz CT molecular complexity index is 173. The van der Waals surface area contributed by atoms with Crippen molar-refractivity contribution in [1.82, 2.24) is 9.80 Å². The molecule has 2 amide bonds. The van der Waals surface area contributed by atoms with Crippen LogP contribution >= 0.6 is 0 Å². The van der Waals surface area contributed by atoms with E-state index in [9.17, 15) is 4.79 Å². The van der Waals surface area contributed by atoms with E-state index in [1.54, 1.807) is 7.05 Å². The fourth-order valence-corrected chi connectivity index (χ4v) is 1.09. The molecular formula is C6H12N2O3. The standard InChI is InChI=1S/C6H12N2O3/c1-7-3-4(9)5(10)8(2)6(7)11/h4-5,9-10H,3H2,1-2H3/t4-,5-/m0/s1. The Morgan fingerprint density at radius 1 is 1.45 bits per heavy atom. The third-order valence-electron chi connectivity index (χ3n) is 1.83. The Morgan fingerprint density at radius 2 is 2.00 bits per heavy atom. The minimum Gasteiger partial charge on any atom is -0.387 e. The van der Waals surface area contributed by atoms with Crippen LogP contribution in [0.3, 0.4) is 0 Å². The quantitative estimate of drug-likeness (QED) is 0.461. The molecule has 64 valence electrons. The molecule has 1 aliphatic rings. The molecule has 0 unspecified atom stereocenters. The van der Waals surface area contributed by atoms with Gasteiger partial charge in [0.15, 0.2) is 6.23 Å². The van der Waals surface area contributed by atoms with Crippen molar-refractivity contribution in [3.8, 4) is 0 Å². The van der Waals surface area contributed by atoms with Gasteiger partial charge in [0, 0.05) is 14.1 Å². The van der Waals surface area contributed by atoms with E-state index >= 15 is 0 Å². The third kappa shape index (κ3) is 1.29. The third-order valence-corrected chi connectivity index (χ3v) is 1.83. The second-order valence-corrected chi connectivity index (χ2v) is 2.75. The second kappa shape index (κ2) is 2.67. The lowest BCUT2D eigenvalue weighted by molar-refractivity contribution is -0.0860. The Balaban J connectivity index is 2.70. The van der Waals surface area contributed by atoms with Crippen LogP contribution in [0.5, 0.6) is 0 Å². The first kappa shape index (κ1) is 8.29. The molecule has 0 aromatic carbocycles. The first-order valence-corrected chi connectivity index (χ1v) is 3.38. The van der Waals surface area contributed by atoms with Crippen molar-refractivity contribution in [2.45, 2.75) is 12.3 Å². The topological polar surface area (TPSA) is 64.0 Å². The summed E-state index contributed by atoms with van der Waals surface area (Å²) in [6, 6.07) is -0.275. The van der Waals surface area contributed by atoms with Crippen molar-refractivity contribution in [1.29, 1.82) is 0 Å². The molecule has 0 aromatic rings. The lowest BCUT2D eigenvalue weighted by atomic mass is 10.2. The monoisotopic (exact) mass is 160 g/mol. The summed E-state index contributed by atoms with van der Waals surface area (Å²) in [6.45, 7) is 0.185. The zero-order valence-electron chi connectivity index (χ0n) is 6.56. The highest BCUT2D eigenvalue weighted by Crippen LogP contribution is 2.10. The van der Waals surface area contributed by atoms with Gasteiger partial charge in [0.2, 0.25) is 0 Å². The number of amides is 2. The van der Waals surface area contributed by atoms with Gasteiger partial charge in [0.1, 0.15) is 6.10 Å². The number of likely N-dealkylation sites (N-methyl/N-ethyl adjacent to an activating group) is 2. The summed E-state index contributed by atoms with van der Waals surface area (Å²) >= 11 is 0. The summed E-state index contributed by atoms with van der Waals surface area (Å²) in [7, 11) is 3.03. The van der Waals surface area contributed by atoms with Crippen molar-refractivity contribution in [2.75, 3.05) is 20.6 Å². The first-order valence-electron chi connectivity index (χ1n) is 3.38. The van der Waals surface area contributed by atoms with Gasteiger partial charge in [0.25, 0.3) is 0 Å². The smallest absolute Gasteiger partial charge is 0.321 e. The van der Waals surface area contributed by atoms with E-state index in [1.807, 2.05) is 0 Å². The molecule has 11 heavy (non-hydrogen) atoms. The molecule has 1 heterocycles. The Labute approximate surface area is 64.8 Å². The van der Waals surface area contributed by atoms with E-state index < -0.39 is 12.3 Å². The van der Waals surface area contributed by atoms with Crippen LogP contribution in [0.1, 0.15) is 0 Å². The summed E-state index contributed by atoms with van der Waals surface area (Å²) in [5.74, 6) is 0. The summed E-state index contributed by atoms with van der Waals surface area (Å²) in [5.41, 5.74) is 0. The van der Waals surface area contributed by atoms with E-state index in [1.165, 1.54) is 11.9 Å². The van der Waals surface area contributed by atoms with E-state index in [2.05, 4.69) is 0 Å². The predicted octanol–water partition coefficient (Wildman–Crippen LogP) is -1.34. The summed E-state index contributed by atoms with van der Waals surface area (Å²) < 4.78 is 0. The van der Waals surface area contributed by atoms with Crippen LogP contribution in [0.4, 0.5) is 4.79 Å². The van der Waals surface area contributed by atoms with Gasteiger partial charge < -0.3 is 15.1 Å². The molecule has 5 nitrogen and oxygen atoms in total. The number of aliphatic hydroxyl groups is 2. The lowest BCUT2D eigenvalue weighted by Gasteiger charge is -2.37. The van der Waals surface area contributed by atoms with Crippen molar-refractivity contribution in [2.24, 2.45) is 0 Å². The maximum Gasteiger partial charge on any atom is 0.321 e. The first-order chi connectivity index (χ1) is 5.04. The highest BCUT2D eigenvalue weighted by molar-refractivity contribution is 5.75. The molecule has 0 aliphatic carbocycles. The van der Waals surface area contributed by atoms with Crippen LogP contribution in [-0.2, 0) is 0 Å². The summed E-state index contributed by atoms with van der Waals surface area (Å²) in [4.78, 5) is 13.5. The Morgan fingerprint density at radius 3 is 2.55 bits per heavy atom. The van der Waals surface area contributed by atoms with E-state index in [0.717, 1.165) is 4.90 Å². The molecule has 0 spiro atoms. The van der Waals surface area contributed by atoms with Gasteiger partial charge in [-0.2, -0.15) is 0 Å². The van der Waals surface area contributed by atoms with Crippen LogP contribution in [0.2, 0.25) is 0 Å². The van der Waals surface area contributed by atoms with Crippen molar-refractivity contribution >= 4 is 6.03 Å². The molecule has 2 atom stereocenters. The average molecular weight is 160 g/mol. The molecular weight excluding hydrogens is 148 g/mol. The zero-order valence-corrected chi connectivity index (χ0v) is 6.56. The minimum absolute atomic E-state index is 0.185. The minimum atomic E-state index is -1.07. The number of hydrogen-bond acceptors (Lipinski definition) is 3. The molecule has 0 aromatic heterocycles. The molecule has 1 rings (SSSR count). The number of rotatable bonds is 0. The number of hydrogen-bond donors (Lipinski definition) is 2. The zero-order chi connectivity index (χ0) is 8.59. The summed E-state index contributed by atoms with van der Waals surface area (Å²) in [6.07, 6.45) is -1.94. The maximum atomic E-state index is 11.1. The van der Waals surface area contributed by atoms with E-state index in [4.69, 9.17) is 10.2 Å². The number of nitrogens with zero attached hydrogens (tertiary/aromatic N) is 2. The molecule has 0 bridgehead atoms. The van der Waals surface area contributed by atoms with Crippen LogP contribution in [0, 0.1) is 0 Å². The van der Waals surface area contributed by atoms with Gasteiger partial charge in [-0.25, -0.2) is 4.79 Å². The van der Waals surface area contributed by atoms with Crippen LogP contribution < -0.4 is 0 Å². The van der Waals surface area contributed by atoms with Crippen molar-refractivity contribution in [3.63, 3.8) is 0 Å². The number of β-amino-alcohol motifs (C(OH)–C–C–N with tert-alkyl or cyclic N) is 1. The van der Waals surface area contributed by atoms with Gasteiger partial charge in [-0.1, -0.05) is 0 Å². The maximum absolute atomic E-state index is 11.1. The highest BCUT2D eigenvalue weighted by Gasteiger charge is 2.33. The largest absolute Gasteiger partial charge is 0.387 e. The second-order valence-electron chi connectivity index (χ2n) is 2.75.